The van der Waals surface area contributed by atoms with Crippen molar-refractivity contribution in [3.63, 3.8) is 0 Å². The summed E-state index contributed by atoms with van der Waals surface area (Å²) in [7, 11) is -3.64. The number of hydrogen-bond acceptors (Lipinski definition) is 3. The van der Waals surface area contributed by atoms with Gasteiger partial charge in [-0.05, 0) is 31.0 Å². The van der Waals surface area contributed by atoms with Gasteiger partial charge >= 0.3 is 0 Å². The predicted molar refractivity (Wildman–Crippen MR) is 106 cm³/mol. The highest BCUT2D eigenvalue weighted by Crippen LogP contribution is 2.09. The molecule has 132 valence electrons. The summed E-state index contributed by atoms with van der Waals surface area (Å²) >= 11 is 0. The highest BCUT2D eigenvalue weighted by molar-refractivity contribution is 14.0. The van der Waals surface area contributed by atoms with E-state index in [9.17, 15) is 8.42 Å². The third-order valence-electron chi connectivity index (χ3n) is 3.09. The minimum Gasteiger partial charge on any atom is -0.357 e. The predicted octanol–water partition coefficient (Wildman–Crippen LogP) is 2.20. The fourth-order valence-corrected chi connectivity index (χ4v) is 2.39. The Morgan fingerprint density at radius 1 is 1.13 bits per heavy atom. The molecule has 0 radical (unpaired) electrons. The van der Waals surface area contributed by atoms with Gasteiger partial charge < -0.3 is 10.6 Å². The van der Waals surface area contributed by atoms with Crippen LogP contribution in [0.15, 0.2) is 34.2 Å². The van der Waals surface area contributed by atoms with Gasteiger partial charge in [0.05, 0.1) is 11.4 Å². The molecule has 0 aliphatic rings. The van der Waals surface area contributed by atoms with Crippen LogP contribution in [0.25, 0.3) is 0 Å². The number of guanidine groups is 1. The Morgan fingerprint density at radius 3 is 2.30 bits per heavy atom. The van der Waals surface area contributed by atoms with Crippen molar-refractivity contribution in [3.8, 4) is 0 Å². The quantitative estimate of drug-likeness (QED) is 0.243. The van der Waals surface area contributed by atoms with E-state index in [1.54, 1.807) is 12.1 Å². The molecule has 0 aromatic heterocycles. The van der Waals surface area contributed by atoms with Crippen LogP contribution < -0.4 is 15.8 Å². The standard InChI is InChI=1S/C15H26N4O2S.HI/c1-3-5-6-11-18-15(17-4-2)19-12-13-7-9-14(10-8-13)22(16,20)21;/h7-10H,3-6,11-12H2,1-2H3,(H2,16,20,21)(H2,17,18,19);1H. The minimum atomic E-state index is -3.64. The molecule has 0 atom stereocenters. The van der Waals surface area contributed by atoms with Gasteiger partial charge in [-0.25, -0.2) is 18.5 Å². The van der Waals surface area contributed by atoms with Crippen LogP contribution >= 0.6 is 24.0 Å². The number of hydrogen-bond donors (Lipinski definition) is 3. The first kappa shape index (κ1) is 22.1. The maximum Gasteiger partial charge on any atom is 0.238 e. The van der Waals surface area contributed by atoms with Crippen molar-refractivity contribution in [3.05, 3.63) is 29.8 Å². The molecule has 0 bridgehead atoms. The number of halogens is 1. The number of primary sulfonamides is 1. The molecule has 0 saturated carbocycles. The topological polar surface area (TPSA) is 96.6 Å². The molecule has 0 spiro atoms. The van der Waals surface area contributed by atoms with Gasteiger partial charge in [0, 0.05) is 13.1 Å². The lowest BCUT2D eigenvalue weighted by Crippen LogP contribution is -2.37. The highest BCUT2D eigenvalue weighted by atomic mass is 127. The molecule has 0 amide bonds. The van der Waals surface area contributed by atoms with Gasteiger partial charge in [-0.2, -0.15) is 0 Å². The molecular formula is C15H27IN4O2S. The Morgan fingerprint density at radius 2 is 1.78 bits per heavy atom. The van der Waals surface area contributed by atoms with Crippen LogP contribution in [0, 0.1) is 0 Å². The second-order valence-corrected chi connectivity index (χ2v) is 6.58. The second-order valence-electron chi connectivity index (χ2n) is 5.02. The highest BCUT2D eigenvalue weighted by Gasteiger charge is 2.06. The molecule has 0 unspecified atom stereocenters. The van der Waals surface area contributed by atoms with Crippen molar-refractivity contribution >= 4 is 40.0 Å². The van der Waals surface area contributed by atoms with Crippen molar-refractivity contribution in [1.29, 1.82) is 0 Å². The number of benzene rings is 1. The molecule has 1 aromatic rings. The third kappa shape index (κ3) is 9.11. The molecule has 0 saturated heterocycles. The van der Waals surface area contributed by atoms with E-state index in [0.29, 0.717) is 6.54 Å². The van der Waals surface area contributed by atoms with Crippen molar-refractivity contribution in [2.24, 2.45) is 10.1 Å². The summed E-state index contributed by atoms with van der Waals surface area (Å²) in [6.45, 7) is 6.36. The smallest absolute Gasteiger partial charge is 0.238 e. The fraction of sp³-hybridized carbons (Fsp3) is 0.533. The van der Waals surface area contributed by atoms with Crippen LogP contribution in [-0.4, -0.2) is 27.5 Å². The van der Waals surface area contributed by atoms with Crippen molar-refractivity contribution in [2.75, 3.05) is 13.1 Å². The number of nitrogens with zero attached hydrogens (tertiary/aromatic N) is 1. The van der Waals surface area contributed by atoms with Gasteiger partial charge in [-0.1, -0.05) is 31.9 Å². The van der Waals surface area contributed by atoms with Crippen LogP contribution in [0.3, 0.4) is 0 Å². The molecule has 0 aliphatic carbocycles. The van der Waals surface area contributed by atoms with E-state index in [2.05, 4.69) is 22.5 Å². The zero-order chi connectivity index (χ0) is 16.4. The van der Waals surface area contributed by atoms with E-state index in [0.717, 1.165) is 31.0 Å². The second kappa shape index (κ2) is 11.6. The van der Waals surface area contributed by atoms with E-state index in [-0.39, 0.29) is 28.9 Å². The molecule has 1 aromatic carbocycles. The summed E-state index contributed by atoms with van der Waals surface area (Å²) in [4.78, 5) is 4.60. The summed E-state index contributed by atoms with van der Waals surface area (Å²) in [6, 6.07) is 6.46. The summed E-state index contributed by atoms with van der Waals surface area (Å²) in [6.07, 6.45) is 3.50. The van der Waals surface area contributed by atoms with E-state index in [1.807, 2.05) is 6.92 Å². The van der Waals surface area contributed by atoms with Crippen LogP contribution in [0.1, 0.15) is 38.7 Å². The third-order valence-corrected chi connectivity index (χ3v) is 4.02. The zero-order valence-electron chi connectivity index (χ0n) is 13.7. The van der Waals surface area contributed by atoms with Crippen molar-refractivity contribution < 1.29 is 8.42 Å². The van der Waals surface area contributed by atoms with E-state index in [4.69, 9.17) is 5.14 Å². The normalized spacial score (nSPS) is 11.7. The van der Waals surface area contributed by atoms with E-state index < -0.39 is 10.0 Å². The monoisotopic (exact) mass is 454 g/mol. The van der Waals surface area contributed by atoms with Crippen molar-refractivity contribution in [1.82, 2.24) is 10.6 Å². The first-order valence-electron chi connectivity index (χ1n) is 7.61. The van der Waals surface area contributed by atoms with Gasteiger partial charge in [0.15, 0.2) is 5.96 Å². The van der Waals surface area contributed by atoms with E-state index >= 15 is 0 Å². The molecule has 6 nitrogen and oxygen atoms in total. The number of nitrogens with one attached hydrogen (secondary N) is 2. The van der Waals surface area contributed by atoms with E-state index in [1.165, 1.54) is 25.0 Å². The van der Waals surface area contributed by atoms with Gasteiger partial charge in [-0.3, -0.25) is 0 Å². The average molecular weight is 454 g/mol. The van der Waals surface area contributed by atoms with Gasteiger partial charge in [0.25, 0.3) is 0 Å². The van der Waals surface area contributed by atoms with Crippen LogP contribution in [0.2, 0.25) is 0 Å². The Bertz CT molecular complexity index is 574. The van der Waals surface area contributed by atoms with Crippen LogP contribution in [-0.2, 0) is 16.6 Å². The number of nitrogens with two attached hydrogens (primary N) is 1. The SMILES string of the molecule is CCCCCNC(=NCc1ccc(S(N)(=O)=O)cc1)NCC.I. The first-order valence-corrected chi connectivity index (χ1v) is 9.16. The Hall–Kier alpha value is -0.870. The lowest BCUT2D eigenvalue weighted by Gasteiger charge is -2.11. The zero-order valence-corrected chi connectivity index (χ0v) is 16.9. The molecule has 8 heteroatoms. The van der Waals surface area contributed by atoms with Crippen LogP contribution in [0.5, 0.6) is 0 Å². The summed E-state index contributed by atoms with van der Waals surface area (Å²) in [5.74, 6) is 0.772. The fourth-order valence-electron chi connectivity index (χ4n) is 1.88. The van der Waals surface area contributed by atoms with Crippen molar-refractivity contribution in [2.45, 2.75) is 44.6 Å². The Labute approximate surface area is 156 Å². The Balaban J connectivity index is 0.00000484. The van der Waals surface area contributed by atoms with Crippen LogP contribution in [0.4, 0.5) is 0 Å². The Kier molecular flexibility index (Phi) is 11.2. The molecule has 23 heavy (non-hydrogen) atoms. The lowest BCUT2D eigenvalue weighted by atomic mass is 10.2. The number of sulfonamides is 1. The molecule has 1 rings (SSSR count). The maximum absolute atomic E-state index is 11.2. The first-order chi connectivity index (χ1) is 10.5. The van der Waals surface area contributed by atoms with Gasteiger partial charge in [-0.15, -0.1) is 24.0 Å². The molecule has 0 fully saturated rings. The maximum atomic E-state index is 11.2. The summed E-state index contributed by atoms with van der Waals surface area (Å²) < 4.78 is 22.4. The molecule has 0 aliphatic heterocycles. The molecular weight excluding hydrogens is 427 g/mol. The number of unbranched alkanes of at least 4 members (excludes halogenated alkanes) is 2. The lowest BCUT2D eigenvalue weighted by molar-refractivity contribution is 0.598. The average Bonchev–Trinajstić information content (AvgIpc) is 2.48. The summed E-state index contributed by atoms with van der Waals surface area (Å²) in [5.41, 5.74) is 0.929. The number of aliphatic imine (C=N–C) groups is 1. The number of rotatable bonds is 8. The van der Waals surface area contributed by atoms with Gasteiger partial charge in [0.2, 0.25) is 10.0 Å². The molecule has 4 N–H and O–H groups in total. The van der Waals surface area contributed by atoms with Gasteiger partial charge in [0.1, 0.15) is 0 Å². The largest absolute Gasteiger partial charge is 0.357 e. The minimum absolute atomic E-state index is 0. The summed E-state index contributed by atoms with van der Waals surface area (Å²) in [5, 5.41) is 11.5. The molecule has 0 heterocycles.